The molecule has 0 atom stereocenters. The highest BCUT2D eigenvalue weighted by Gasteiger charge is 2.35. The summed E-state index contributed by atoms with van der Waals surface area (Å²) in [4.78, 5) is 29.1. The van der Waals surface area contributed by atoms with E-state index in [4.69, 9.17) is 0 Å². The van der Waals surface area contributed by atoms with Gasteiger partial charge in [0.15, 0.2) is 0 Å². The van der Waals surface area contributed by atoms with Crippen LogP contribution in [0.5, 0.6) is 0 Å². The van der Waals surface area contributed by atoms with Crippen molar-refractivity contribution in [3.8, 4) is 0 Å². The summed E-state index contributed by atoms with van der Waals surface area (Å²) in [5.74, 6) is 0.613. The van der Waals surface area contributed by atoms with Gasteiger partial charge in [0.25, 0.3) is 0 Å². The molecule has 2 fully saturated rings. The fraction of sp³-hybridized carbons (Fsp3) is 0.417. The van der Waals surface area contributed by atoms with E-state index in [-0.39, 0.29) is 17.7 Å². The Morgan fingerprint density at radius 1 is 0.931 bits per heavy atom. The van der Waals surface area contributed by atoms with Crippen molar-refractivity contribution in [2.75, 3.05) is 18.4 Å². The van der Waals surface area contributed by atoms with E-state index >= 15 is 0 Å². The van der Waals surface area contributed by atoms with Crippen LogP contribution in [-0.4, -0.2) is 29.8 Å². The first-order valence-electron chi connectivity index (χ1n) is 10.4. The first kappa shape index (κ1) is 20.0. The Hall–Kier alpha value is -2.27. The Bertz CT molecular complexity index is 898. The number of anilines is 1. The Balaban J connectivity index is 1.29. The fourth-order valence-electron chi connectivity index (χ4n) is 3.84. The summed E-state index contributed by atoms with van der Waals surface area (Å²) in [7, 11) is 0. The molecule has 2 aromatic carbocycles. The smallest absolute Gasteiger partial charge is 0.227 e. The molecule has 2 amide bonds. The van der Waals surface area contributed by atoms with Crippen molar-refractivity contribution in [3.63, 3.8) is 0 Å². The maximum atomic E-state index is 12.6. The van der Waals surface area contributed by atoms with Crippen molar-refractivity contribution in [1.82, 2.24) is 4.90 Å². The molecule has 1 saturated heterocycles. The quantitative estimate of drug-likeness (QED) is 0.754. The van der Waals surface area contributed by atoms with Crippen LogP contribution in [0.2, 0.25) is 0 Å². The lowest BCUT2D eigenvalue weighted by molar-refractivity contribution is -0.135. The fourth-order valence-corrected chi connectivity index (χ4v) is 4.72. The molecule has 2 aromatic rings. The van der Waals surface area contributed by atoms with Gasteiger partial charge in [-0.25, -0.2) is 0 Å². The third-order valence-electron chi connectivity index (χ3n) is 5.78. The molecular weight excluding hydrogens is 380 g/mol. The van der Waals surface area contributed by atoms with Gasteiger partial charge in [-0.1, -0.05) is 29.5 Å². The normalized spacial score (nSPS) is 17.2. The van der Waals surface area contributed by atoms with Crippen molar-refractivity contribution in [2.24, 2.45) is 11.8 Å². The minimum atomic E-state index is -0.0116. The van der Waals surface area contributed by atoms with Gasteiger partial charge < -0.3 is 10.2 Å². The van der Waals surface area contributed by atoms with E-state index in [1.807, 2.05) is 17.0 Å². The number of likely N-dealkylation sites (tertiary alicyclic amines) is 1. The minimum absolute atomic E-state index is 0.0116. The molecule has 2 aliphatic rings. The van der Waals surface area contributed by atoms with Gasteiger partial charge in [-0.3, -0.25) is 9.59 Å². The lowest BCUT2D eigenvalue weighted by Crippen LogP contribution is -2.42. The number of rotatable bonds is 5. The molecule has 1 saturated carbocycles. The number of hydrogen-bond donors (Lipinski definition) is 1. The van der Waals surface area contributed by atoms with Gasteiger partial charge >= 0.3 is 0 Å². The summed E-state index contributed by atoms with van der Waals surface area (Å²) in [5.41, 5.74) is 3.38. The molecule has 4 rings (SSSR count). The van der Waals surface area contributed by atoms with Crippen LogP contribution in [0.1, 0.15) is 36.8 Å². The third kappa shape index (κ3) is 5.02. The Morgan fingerprint density at radius 3 is 2.24 bits per heavy atom. The highest BCUT2D eigenvalue weighted by atomic mass is 32.2. The highest BCUT2D eigenvalue weighted by molar-refractivity contribution is 7.99. The van der Waals surface area contributed by atoms with Crippen molar-refractivity contribution in [3.05, 3.63) is 53.6 Å². The van der Waals surface area contributed by atoms with Crippen molar-refractivity contribution in [2.45, 2.75) is 49.3 Å². The maximum absolute atomic E-state index is 12.6. The number of amides is 2. The molecule has 1 aliphatic carbocycles. The summed E-state index contributed by atoms with van der Waals surface area (Å²) in [6.07, 6.45) is 3.59. The Morgan fingerprint density at radius 2 is 1.62 bits per heavy atom. The first-order valence-corrected chi connectivity index (χ1v) is 11.3. The lowest BCUT2D eigenvalue weighted by Gasteiger charge is -2.31. The third-order valence-corrected chi connectivity index (χ3v) is 6.97. The summed E-state index contributed by atoms with van der Waals surface area (Å²) in [6, 6.07) is 14.5. The van der Waals surface area contributed by atoms with Gasteiger partial charge in [0, 0.05) is 40.4 Å². The lowest BCUT2D eigenvalue weighted by atomic mass is 9.95. The highest BCUT2D eigenvalue weighted by Crippen LogP contribution is 2.33. The number of piperidine rings is 1. The number of aryl methyl sites for hydroxylation is 2. The van der Waals surface area contributed by atoms with Gasteiger partial charge in [-0.15, -0.1) is 0 Å². The second kappa shape index (κ2) is 8.62. The molecule has 1 aliphatic heterocycles. The summed E-state index contributed by atoms with van der Waals surface area (Å²) in [5, 5.41) is 3.05. The van der Waals surface area contributed by atoms with Crippen molar-refractivity contribution >= 4 is 29.3 Å². The zero-order valence-electron chi connectivity index (χ0n) is 17.1. The van der Waals surface area contributed by atoms with E-state index in [2.05, 4.69) is 49.5 Å². The van der Waals surface area contributed by atoms with Crippen LogP contribution in [0.15, 0.2) is 52.3 Å². The summed E-state index contributed by atoms with van der Waals surface area (Å²) >= 11 is 1.74. The van der Waals surface area contributed by atoms with Crippen molar-refractivity contribution < 1.29 is 9.59 Å². The van der Waals surface area contributed by atoms with Gasteiger partial charge in [-0.05, 0) is 75.4 Å². The minimum Gasteiger partial charge on any atom is -0.342 e. The molecule has 0 spiro atoms. The molecule has 29 heavy (non-hydrogen) atoms. The number of hydrogen-bond acceptors (Lipinski definition) is 3. The molecule has 5 heteroatoms. The zero-order valence-corrected chi connectivity index (χ0v) is 17.9. The number of carbonyl (C=O) groups excluding carboxylic acids is 2. The predicted octanol–water partition coefficient (Wildman–Crippen LogP) is 5.04. The topological polar surface area (TPSA) is 49.4 Å². The molecule has 0 bridgehead atoms. The van der Waals surface area contributed by atoms with Crippen LogP contribution in [0.25, 0.3) is 0 Å². The Labute approximate surface area is 177 Å². The molecule has 0 radical (unpaired) electrons. The molecule has 4 nitrogen and oxygen atoms in total. The van der Waals surface area contributed by atoms with E-state index in [1.165, 1.54) is 16.0 Å². The number of carbonyl (C=O) groups is 2. The monoisotopic (exact) mass is 408 g/mol. The van der Waals surface area contributed by atoms with Crippen LogP contribution in [0.3, 0.4) is 0 Å². The van der Waals surface area contributed by atoms with Crippen LogP contribution >= 0.6 is 11.8 Å². The van der Waals surface area contributed by atoms with Crippen LogP contribution in [0.4, 0.5) is 5.69 Å². The summed E-state index contributed by atoms with van der Waals surface area (Å²) in [6.45, 7) is 5.65. The molecule has 0 aromatic heterocycles. The van der Waals surface area contributed by atoms with Crippen LogP contribution in [0, 0.1) is 25.7 Å². The van der Waals surface area contributed by atoms with Gasteiger partial charge in [0.2, 0.25) is 11.8 Å². The molecule has 0 unspecified atom stereocenters. The standard InChI is InChI=1S/C24H28N2O2S/c1-16-3-10-22(17(2)15-16)29-21-8-6-20(7-9-21)25-23(27)18-11-13-26(14-12-18)24(28)19-4-5-19/h3,6-10,15,18-19H,4-5,11-14H2,1-2H3,(H,25,27). The number of benzene rings is 2. The second-order valence-electron chi connectivity index (χ2n) is 8.26. The average molecular weight is 409 g/mol. The van der Waals surface area contributed by atoms with E-state index in [1.54, 1.807) is 11.8 Å². The molecule has 1 heterocycles. The van der Waals surface area contributed by atoms with Gasteiger partial charge in [0.1, 0.15) is 0 Å². The maximum Gasteiger partial charge on any atom is 0.227 e. The van der Waals surface area contributed by atoms with Crippen molar-refractivity contribution in [1.29, 1.82) is 0 Å². The van der Waals surface area contributed by atoms with E-state index in [0.29, 0.717) is 19.0 Å². The largest absolute Gasteiger partial charge is 0.342 e. The summed E-state index contributed by atoms with van der Waals surface area (Å²) < 4.78 is 0. The van der Waals surface area contributed by atoms with Crippen LogP contribution < -0.4 is 5.32 Å². The molecule has 152 valence electrons. The van der Waals surface area contributed by atoms with Crippen LogP contribution in [-0.2, 0) is 9.59 Å². The Kier molecular flexibility index (Phi) is 5.95. The van der Waals surface area contributed by atoms with E-state index in [0.717, 1.165) is 36.3 Å². The SMILES string of the molecule is Cc1ccc(Sc2ccc(NC(=O)C3CCN(C(=O)C4CC4)CC3)cc2)c(C)c1. The van der Waals surface area contributed by atoms with E-state index < -0.39 is 0 Å². The van der Waals surface area contributed by atoms with E-state index in [9.17, 15) is 9.59 Å². The predicted molar refractivity (Wildman–Crippen MR) is 117 cm³/mol. The number of nitrogens with one attached hydrogen (secondary N) is 1. The molecule has 1 N–H and O–H groups in total. The first-order chi connectivity index (χ1) is 14.0. The number of nitrogens with zero attached hydrogens (tertiary/aromatic N) is 1. The van der Waals surface area contributed by atoms with Gasteiger partial charge in [-0.2, -0.15) is 0 Å². The molecular formula is C24H28N2O2S. The van der Waals surface area contributed by atoms with Gasteiger partial charge in [0.05, 0.1) is 0 Å². The zero-order chi connectivity index (χ0) is 20.4. The second-order valence-corrected chi connectivity index (χ2v) is 9.37. The average Bonchev–Trinajstić information content (AvgIpc) is 3.56.